The fourth-order valence-corrected chi connectivity index (χ4v) is 5.01. The molecule has 0 spiro atoms. The lowest BCUT2D eigenvalue weighted by molar-refractivity contribution is -0.140. The topological polar surface area (TPSA) is 66.5 Å². The Morgan fingerprint density at radius 3 is 1.90 bits per heavy atom. The van der Waals surface area contributed by atoms with E-state index in [2.05, 4.69) is 29.6 Å². The molecule has 5 heteroatoms. The summed E-state index contributed by atoms with van der Waals surface area (Å²) in [6.45, 7) is 0.734. The van der Waals surface area contributed by atoms with E-state index in [-0.39, 0.29) is 48.4 Å². The Bertz CT molecular complexity index is 849. The number of hydrogen-bond acceptors (Lipinski definition) is 3. The van der Waals surface area contributed by atoms with Crippen molar-refractivity contribution < 1.29 is 14.4 Å². The molecule has 2 aliphatic rings. The van der Waals surface area contributed by atoms with Crippen LogP contribution < -0.4 is 5.32 Å². The van der Waals surface area contributed by atoms with Crippen LogP contribution in [0.4, 0.5) is 0 Å². The smallest absolute Gasteiger partial charge is 0.233 e. The molecule has 0 unspecified atom stereocenters. The van der Waals surface area contributed by atoms with Crippen molar-refractivity contribution in [1.29, 1.82) is 0 Å². The average molecular weight is 419 g/mol. The van der Waals surface area contributed by atoms with Crippen molar-refractivity contribution in [2.45, 2.75) is 44.4 Å². The molecule has 2 aromatic carbocycles. The largest absolute Gasteiger partial charge is 0.356 e. The average Bonchev–Trinajstić information content (AvgIpc) is 3.06. The van der Waals surface area contributed by atoms with E-state index in [0.717, 1.165) is 32.1 Å². The highest BCUT2D eigenvalue weighted by Crippen LogP contribution is 2.38. The number of imide groups is 1. The van der Waals surface area contributed by atoms with E-state index in [1.54, 1.807) is 0 Å². The summed E-state index contributed by atoms with van der Waals surface area (Å²) < 4.78 is 0. The van der Waals surface area contributed by atoms with Gasteiger partial charge in [-0.2, -0.15) is 0 Å². The Balaban J connectivity index is 1.29. The molecule has 1 saturated carbocycles. The number of carbonyl (C=O) groups is 3. The van der Waals surface area contributed by atoms with Crippen molar-refractivity contribution in [2.24, 2.45) is 11.8 Å². The number of likely N-dealkylation sites (tertiary alicyclic amines) is 1. The van der Waals surface area contributed by atoms with E-state index in [9.17, 15) is 14.4 Å². The monoisotopic (exact) mass is 418 g/mol. The quantitative estimate of drug-likeness (QED) is 0.662. The Labute approximate surface area is 183 Å². The fraction of sp³-hybridized carbons (Fsp3) is 0.423. The summed E-state index contributed by atoms with van der Waals surface area (Å²) in [6.07, 6.45) is 4.58. The highest BCUT2D eigenvalue weighted by Gasteiger charge is 2.47. The van der Waals surface area contributed by atoms with E-state index < -0.39 is 0 Å². The van der Waals surface area contributed by atoms with Crippen LogP contribution in [0.2, 0.25) is 0 Å². The van der Waals surface area contributed by atoms with Crippen molar-refractivity contribution in [2.75, 3.05) is 13.1 Å². The Hall–Kier alpha value is -2.95. The van der Waals surface area contributed by atoms with Crippen LogP contribution in [0.3, 0.4) is 0 Å². The van der Waals surface area contributed by atoms with Crippen LogP contribution in [0.1, 0.15) is 55.6 Å². The number of carbonyl (C=O) groups excluding carboxylic acids is 3. The molecule has 162 valence electrons. The van der Waals surface area contributed by atoms with Crippen molar-refractivity contribution in [3.8, 4) is 0 Å². The van der Waals surface area contributed by atoms with Crippen molar-refractivity contribution in [3.63, 3.8) is 0 Å². The second-order valence-corrected chi connectivity index (χ2v) is 8.59. The van der Waals surface area contributed by atoms with Crippen LogP contribution in [0, 0.1) is 11.8 Å². The maximum Gasteiger partial charge on any atom is 0.233 e. The molecular formula is C26H30N2O3. The van der Waals surface area contributed by atoms with E-state index in [4.69, 9.17) is 0 Å². The first-order valence-electron chi connectivity index (χ1n) is 11.4. The van der Waals surface area contributed by atoms with Crippen molar-refractivity contribution >= 4 is 17.7 Å². The van der Waals surface area contributed by atoms with Gasteiger partial charge in [0.25, 0.3) is 0 Å². The van der Waals surface area contributed by atoms with Crippen LogP contribution in [0.5, 0.6) is 0 Å². The minimum atomic E-state index is -0.151. The molecule has 5 nitrogen and oxygen atoms in total. The molecule has 2 atom stereocenters. The molecule has 2 fully saturated rings. The third kappa shape index (κ3) is 4.87. The number of rotatable bonds is 8. The predicted molar refractivity (Wildman–Crippen MR) is 119 cm³/mol. The Morgan fingerprint density at radius 2 is 1.39 bits per heavy atom. The molecule has 1 aliphatic heterocycles. The SMILES string of the molecule is O=C(CCN1C(=O)[C@H]2CCCC[C@@H]2C1=O)NCCC(c1ccccc1)c1ccccc1. The van der Waals surface area contributed by atoms with Gasteiger partial charge in [-0.1, -0.05) is 73.5 Å². The Kier molecular flexibility index (Phi) is 6.80. The van der Waals surface area contributed by atoms with Crippen LogP contribution >= 0.6 is 0 Å². The lowest BCUT2D eigenvalue weighted by Gasteiger charge is -2.19. The van der Waals surface area contributed by atoms with Gasteiger partial charge < -0.3 is 5.32 Å². The van der Waals surface area contributed by atoms with Gasteiger partial charge in [0.15, 0.2) is 0 Å². The highest BCUT2D eigenvalue weighted by atomic mass is 16.2. The van der Waals surface area contributed by atoms with Gasteiger partial charge in [-0.05, 0) is 30.4 Å². The summed E-state index contributed by atoms with van der Waals surface area (Å²) >= 11 is 0. The van der Waals surface area contributed by atoms with E-state index in [0.29, 0.717) is 6.54 Å². The first-order chi connectivity index (χ1) is 15.1. The molecule has 1 heterocycles. The standard InChI is InChI=1S/C26H30N2O3/c29-24(16-18-28-25(30)22-13-7-8-14-23(22)26(28)31)27-17-15-21(19-9-3-1-4-10-19)20-11-5-2-6-12-20/h1-6,9-12,21-23H,7-8,13-18H2,(H,27,29)/t22-,23-/m0/s1. The Morgan fingerprint density at radius 1 is 0.871 bits per heavy atom. The molecule has 1 N–H and O–H groups in total. The molecular weight excluding hydrogens is 388 g/mol. The summed E-state index contributed by atoms with van der Waals surface area (Å²) in [4.78, 5) is 38.9. The lowest BCUT2D eigenvalue weighted by Crippen LogP contribution is -2.35. The summed E-state index contributed by atoms with van der Waals surface area (Å²) in [6, 6.07) is 20.6. The molecule has 0 radical (unpaired) electrons. The molecule has 31 heavy (non-hydrogen) atoms. The van der Waals surface area contributed by atoms with Gasteiger partial charge >= 0.3 is 0 Å². The molecule has 2 aromatic rings. The van der Waals surface area contributed by atoms with Gasteiger partial charge in [-0.3, -0.25) is 19.3 Å². The first kappa shape index (κ1) is 21.3. The number of benzene rings is 2. The summed E-state index contributed by atoms with van der Waals surface area (Å²) in [5, 5.41) is 2.98. The maximum absolute atomic E-state index is 12.6. The molecule has 4 rings (SSSR count). The fourth-order valence-electron chi connectivity index (χ4n) is 5.01. The molecule has 1 aliphatic carbocycles. The normalized spacial score (nSPS) is 20.7. The van der Waals surface area contributed by atoms with E-state index >= 15 is 0 Å². The minimum absolute atomic E-state index is 0.0734. The van der Waals surface area contributed by atoms with Crippen LogP contribution in [0.15, 0.2) is 60.7 Å². The van der Waals surface area contributed by atoms with Crippen LogP contribution in [-0.4, -0.2) is 35.7 Å². The van der Waals surface area contributed by atoms with E-state index in [1.165, 1.54) is 16.0 Å². The number of nitrogens with one attached hydrogen (secondary N) is 1. The zero-order valence-electron chi connectivity index (χ0n) is 17.8. The number of amides is 3. The number of hydrogen-bond donors (Lipinski definition) is 1. The van der Waals surface area contributed by atoms with E-state index in [1.807, 2.05) is 36.4 Å². The number of nitrogens with zero attached hydrogens (tertiary/aromatic N) is 1. The molecule has 3 amide bonds. The van der Waals surface area contributed by atoms with Crippen molar-refractivity contribution in [3.05, 3.63) is 71.8 Å². The van der Waals surface area contributed by atoms with Crippen LogP contribution in [-0.2, 0) is 14.4 Å². The zero-order chi connectivity index (χ0) is 21.6. The van der Waals surface area contributed by atoms with Gasteiger partial charge in [-0.15, -0.1) is 0 Å². The minimum Gasteiger partial charge on any atom is -0.356 e. The van der Waals surface area contributed by atoms with Gasteiger partial charge in [0.1, 0.15) is 0 Å². The second-order valence-electron chi connectivity index (χ2n) is 8.59. The van der Waals surface area contributed by atoms with Crippen LogP contribution in [0.25, 0.3) is 0 Å². The summed E-state index contributed by atoms with van der Waals surface area (Å²) in [7, 11) is 0. The molecule has 0 bridgehead atoms. The third-order valence-electron chi connectivity index (χ3n) is 6.65. The van der Waals surface area contributed by atoms with Gasteiger partial charge in [0.2, 0.25) is 17.7 Å². The number of fused-ring (bicyclic) bond motifs is 1. The van der Waals surface area contributed by atoms with Crippen molar-refractivity contribution in [1.82, 2.24) is 10.2 Å². The lowest BCUT2D eigenvalue weighted by atomic mass is 9.81. The second kappa shape index (κ2) is 9.90. The zero-order valence-corrected chi connectivity index (χ0v) is 17.8. The maximum atomic E-state index is 12.6. The van der Waals surface area contributed by atoms with Gasteiger partial charge in [0.05, 0.1) is 11.8 Å². The molecule has 0 aromatic heterocycles. The summed E-state index contributed by atoms with van der Waals surface area (Å²) in [5.41, 5.74) is 2.44. The predicted octanol–water partition coefficient (Wildman–Crippen LogP) is 3.89. The summed E-state index contributed by atoms with van der Waals surface area (Å²) in [5.74, 6) is -0.363. The first-order valence-corrected chi connectivity index (χ1v) is 11.4. The van der Waals surface area contributed by atoms with Gasteiger partial charge in [-0.25, -0.2) is 0 Å². The molecule has 1 saturated heterocycles. The van der Waals surface area contributed by atoms with Gasteiger partial charge in [0, 0.05) is 25.4 Å². The highest BCUT2D eigenvalue weighted by molar-refractivity contribution is 6.05. The third-order valence-corrected chi connectivity index (χ3v) is 6.65.